The lowest BCUT2D eigenvalue weighted by molar-refractivity contribution is -0.118. The first-order chi connectivity index (χ1) is 8.09. The number of nitrogens with zero attached hydrogens (tertiary/aromatic N) is 2. The second-order valence-electron chi connectivity index (χ2n) is 3.74. The second kappa shape index (κ2) is 4.59. The lowest BCUT2D eigenvalue weighted by Gasteiger charge is -2.30. The molecule has 17 heavy (non-hydrogen) atoms. The van der Waals surface area contributed by atoms with Crippen LogP contribution in [0.3, 0.4) is 0 Å². The van der Waals surface area contributed by atoms with Gasteiger partial charge in [0.15, 0.2) is 0 Å². The standard InChI is InChI=1S/C12H12ClN3O/c1-8-7-10(11(14)17)16(12(13)15-8)9-5-3-2-4-6-9/h2-7,10H,1H3,(H2,14,17)/t10-/m0/s1. The van der Waals surface area contributed by atoms with E-state index in [4.69, 9.17) is 17.3 Å². The number of nitrogens with two attached hydrogens (primary N) is 1. The number of rotatable bonds is 2. The summed E-state index contributed by atoms with van der Waals surface area (Å²) in [6.45, 7) is 1.78. The van der Waals surface area contributed by atoms with E-state index in [1.807, 2.05) is 30.3 Å². The fraction of sp³-hybridized carbons (Fsp3) is 0.167. The van der Waals surface area contributed by atoms with Crippen LogP contribution in [0.2, 0.25) is 0 Å². The van der Waals surface area contributed by atoms with Gasteiger partial charge in [-0.3, -0.25) is 4.79 Å². The van der Waals surface area contributed by atoms with Gasteiger partial charge in [0, 0.05) is 11.4 Å². The van der Waals surface area contributed by atoms with Crippen molar-refractivity contribution in [1.29, 1.82) is 0 Å². The average molecular weight is 250 g/mol. The van der Waals surface area contributed by atoms with Crippen LogP contribution in [0.15, 0.2) is 47.1 Å². The highest BCUT2D eigenvalue weighted by atomic mass is 35.5. The Bertz CT molecular complexity index is 496. The number of aliphatic imine (C=N–C) groups is 1. The number of hydrogen-bond donors (Lipinski definition) is 1. The van der Waals surface area contributed by atoms with Crippen molar-refractivity contribution in [1.82, 2.24) is 0 Å². The van der Waals surface area contributed by atoms with Gasteiger partial charge in [0.05, 0.1) is 0 Å². The van der Waals surface area contributed by atoms with E-state index in [9.17, 15) is 4.79 Å². The molecule has 88 valence electrons. The van der Waals surface area contributed by atoms with Gasteiger partial charge >= 0.3 is 0 Å². The highest BCUT2D eigenvalue weighted by molar-refractivity contribution is 6.68. The predicted octanol–water partition coefficient (Wildman–Crippen LogP) is 1.86. The van der Waals surface area contributed by atoms with Gasteiger partial charge in [0.25, 0.3) is 0 Å². The molecular weight excluding hydrogens is 238 g/mol. The van der Waals surface area contributed by atoms with Crippen LogP contribution in [0.5, 0.6) is 0 Å². The number of carbonyl (C=O) groups is 1. The summed E-state index contributed by atoms with van der Waals surface area (Å²) < 4.78 is 0. The molecule has 0 unspecified atom stereocenters. The monoisotopic (exact) mass is 249 g/mol. The molecule has 0 saturated heterocycles. The Labute approximate surface area is 104 Å². The predicted molar refractivity (Wildman–Crippen MR) is 68.9 cm³/mol. The van der Waals surface area contributed by atoms with Crippen molar-refractivity contribution in [3.05, 3.63) is 42.1 Å². The summed E-state index contributed by atoms with van der Waals surface area (Å²) in [6, 6.07) is 8.72. The molecular formula is C12H12ClN3O. The highest BCUT2D eigenvalue weighted by Gasteiger charge is 2.28. The van der Waals surface area contributed by atoms with Gasteiger partial charge in [-0.1, -0.05) is 18.2 Å². The first-order valence-corrected chi connectivity index (χ1v) is 5.53. The largest absolute Gasteiger partial charge is 0.368 e. The van der Waals surface area contributed by atoms with Gasteiger partial charge in [-0.15, -0.1) is 0 Å². The first-order valence-electron chi connectivity index (χ1n) is 5.16. The number of amidine groups is 1. The third-order valence-corrected chi connectivity index (χ3v) is 2.74. The minimum atomic E-state index is -0.595. The Kier molecular flexibility index (Phi) is 3.15. The van der Waals surface area contributed by atoms with Crippen molar-refractivity contribution < 1.29 is 4.79 Å². The summed E-state index contributed by atoms with van der Waals surface area (Å²) in [5.74, 6) is -0.457. The van der Waals surface area contributed by atoms with E-state index in [2.05, 4.69) is 4.99 Å². The summed E-state index contributed by atoms with van der Waals surface area (Å²) in [5.41, 5.74) is 6.85. The SMILES string of the molecule is CC1=C[C@@H](C(N)=O)N(c2ccccc2)C(Cl)=N1. The maximum Gasteiger partial charge on any atom is 0.244 e. The molecule has 1 atom stereocenters. The maximum atomic E-state index is 11.5. The Morgan fingerprint density at radius 1 is 1.41 bits per heavy atom. The zero-order valence-corrected chi connectivity index (χ0v) is 10.1. The number of primary amides is 1. The van der Waals surface area contributed by atoms with Crippen molar-refractivity contribution in [2.24, 2.45) is 10.7 Å². The van der Waals surface area contributed by atoms with E-state index >= 15 is 0 Å². The molecule has 1 aliphatic rings. The molecule has 0 fully saturated rings. The molecule has 5 heteroatoms. The smallest absolute Gasteiger partial charge is 0.244 e. The molecule has 4 nitrogen and oxygen atoms in total. The number of anilines is 1. The molecule has 0 aromatic heterocycles. The third kappa shape index (κ3) is 2.31. The van der Waals surface area contributed by atoms with Crippen molar-refractivity contribution in [3.63, 3.8) is 0 Å². The number of carbonyl (C=O) groups excluding carboxylic acids is 1. The van der Waals surface area contributed by atoms with Crippen molar-refractivity contribution >= 4 is 28.5 Å². The molecule has 1 heterocycles. The molecule has 0 aliphatic carbocycles. The van der Waals surface area contributed by atoms with E-state index < -0.39 is 11.9 Å². The van der Waals surface area contributed by atoms with Crippen molar-refractivity contribution in [2.75, 3.05) is 4.90 Å². The zero-order chi connectivity index (χ0) is 12.4. The Morgan fingerprint density at radius 3 is 2.65 bits per heavy atom. The van der Waals surface area contributed by atoms with E-state index in [0.717, 1.165) is 5.69 Å². The number of hydrogen-bond acceptors (Lipinski definition) is 3. The third-order valence-electron chi connectivity index (χ3n) is 2.47. The minimum absolute atomic E-state index is 0.250. The number of allylic oxidation sites excluding steroid dienone is 1. The van der Waals surface area contributed by atoms with Gasteiger partial charge in [-0.05, 0) is 36.7 Å². The van der Waals surface area contributed by atoms with Crippen LogP contribution in [0.25, 0.3) is 0 Å². The summed E-state index contributed by atoms with van der Waals surface area (Å²) >= 11 is 6.08. The molecule has 1 aromatic carbocycles. The van der Waals surface area contributed by atoms with Gasteiger partial charge in [-0.2, -0.15) is 0 Å². The molecule has 2 rings (SSSR count). The molecule has 0 saturated carbocycles. The second-order valence-corrected chi connectivity index (χ2v) is 4.08. The van der Waals surface area contributed by atoms with Crippen molar-refractivity contribution in [3.8, 4) is 0 Å². The summed E-state index contributed by atoms with van der Waals surface area (Å²) in [5, 5.41) is 0.250. The van der Waals surface area contributed by atoms with Crippen LogP contribution in [-0.2, 0) is 4.79 Å². The van der Waals surface area contributed by atoms with Gasteiger partial charge in [-0.25, -0.2) is 4.99 Å². The lowest BCUT2D eigenvalue weighted by atomic mass is 10.1. The van der Waals surface area contributed by atoms with Crippen LogP contribution in [0, 0.1) is 0 Å². The van der Waals surface area contributed by atoms with Gasteiger partial charge in [0.2, 0.25) is 11.2 Å². The number of amides is 1. The Balaban J connectivity index is 2.44. The Hall–Kier alpha value is -1.81. The molecule has 0 radical (unpaired) electrons. The van der Waals surface area contributed by atoms with Crippen LogP contribution >= 0.6 is 11.6 Å². The van der Waals surface area contributed by atoms with E-state index in [1.54, 1.807) is 17.9 Å². The zero-order valence-electron chi connectivity index (χ0n) is 9.30. The molecule has 2 N–H and O–H groups in total. The normalized spacial score (nSPS) is 19.6. The lowest BCUT2D eigenvalue weighted by Crippen LogP contribution is -2.47. The number of para-hydroxylation sites is 1. The highest BCUT2D eigenvalue weighted by Crippen LogP contribution is 2.24. The molecule has 1 aliphatic heterocycles. The maximum absolute atomic E-state index is 11.5. The summed E-state index contributed by atoms with van der Waals surface area (Å²) in [7, 11) is 0. The van der Waals surface area contributed by atoms with E-state index in [0.29, 0.717) is 5.70 Å². The van der Waals surface area contributed by atoms with E-state index in [-0.39, 0.29) is 5.29 Å². The van der Waals surface area contributed by atoms with Crippen LogP contribution in [-0.4, -0.2) is 17.2 Å². The van der Waals surface area contributed by atoms with Gasteiger partial charge < -0.3 is 10.6 Å². The minimum Gasteiger partial charge on any atom is -0.368 e. The van der Waals surface area contributed by atoms with Crippen LogP contribution in [0.4, 0.5) is 5.69 Å². The number of halogens is 1. The number of benzene rings is 1. The van der Waals surface area contributed by atoms with Crippen molar-refractivity contribution in [2.45, 2.75) is 13.0 Å². The summed E-state index contributed by atoms with van der Waals surface area (Å²) in [6.07, 6.45) is 1.70. The fourth-order valence-electron chi connectivity index (χ4n) is 1.72. The molecule has 0 bridgehead atoms. The van der Waals surface area contributed by atoms with Crippen LogP contribution < -0.4 is 10.6 Å². The van der Waals surface area contributed by atoms with Gasteiger partial charge in [0.1, 0.15) is 6.04 Å². The van der Waals surface area contributed by atoms with Crippen LogP contribution in [0.1, 0.15) is 6.92 Å². The topological polar surface area (TPSA) is 58.7 Å². The molecule has 1 aromatic rings. The quantitative estimate of drug-likeness (QED) is 0.814. The average Bonchev–Trinajstić information content (AvgIpc) is 2.29. The van der Waals surface area contributed by atoms with E-state index in [1.165, 1.54) is 0 Å². The summed E-state index contributed by atoms with van der Waals surface area (Å²) in [4.78, 5) is 17.2. The first kappa shape index (κ1) is 11.7. The molecule has 1 amide bonds. The molecule has 0 spiro atoms. The fourth-order valence-corrected chi connectivity index (χ4v) is 2.06. The Morgan fingerprint density at radius 2 is 2.06 bits per heavy atom.